The van der Waals surface area contributed by atoms with Gasteiger partial charge in [-0.15, -0.1) is 0 Å². The van der Waals surface area contributed by atoms with Gasteiger partial charge in [0.1, 0.15) is 23.5 Å². The van der Waals surface area contributed by atoms with Gasteiger partial charge in [0.05, 0.1) is 13.2 Å². The fraction of sp³-hybridized carbons (Fsp3) is 0.304. The summed E-state index contributed by atoms with van der Waals surface area (Å²) in [5, 5.41) is 6.48. The third-order valence-electron chi connectivity index (χ3n) is 4.75. The maximum Gasteiger partial charge on any atom is 0.226 e. The van der Waals surface area contributed by atoms with E-state index in [-0.39, 0.29) is 12.6 Å². The van der Waals surface area contributed by atoms with Crippen molar-refractivity contribution in [2.45, 2.75) is 26.5 Å². The highest BCUT2D eigenvalue weighted by Gasteiger charge is 2.16. The lowest BCUT2D eigenvalue weighted by Gasteiger charge is -2.21. The summed E-state index contributed by atoms with van der Waals surface area (Å²) in [6.45, 7) is 4.21. The second-order valence-corrected chi connectivity index (χ2v) is 7.05. The van der Waals surface area contributed by atoms with Gasteiger partial charge < -0.3 is 24.5 Å². The maximum absolute atomic E-state index is 13.9. The number of ether oxygens (including phenoxy) is 2. The number of hydrogen-bond acceptors (Lipinski definition) is 5. The first-order valence-electron chi connectivity index (χ1n) is 10.3. The largest absolute Gasteiger partial charge is 0.467 e. The van der Waals surface area contributed by atoms with Crippen LogP contribution in [0.25, 0.3) is 11.5 Å². The smallest absolute Gasteiger partial charge is 0.226 e. The Balaban J connectivity index is 1.37. The van der Waals surface area contributed by atoms with E-state index in [0.717, 1.165) is 28.9 Å². The second kappa shape index (κ2) is 10.1. The van der Waals surface area contributed by atoms with Crippen LogP contribution >= 0.6 is 0 Å². The van der Waals surface area contributed by atoms with Crippen LogP contribution < -0.4 is 15.4 Å². The zero-order valence-electron chi connectivity index (χ0n) is 17.4. The topological polar surface area (TPSA) is 80.9 Å². The van der Waals surface area contributed by atoms with Gasteiger partial charge in [0, 0.05) is 24.2 Å². The number of aliphatic imine (C=N–C) groups is 1. The van der Waals surface area contributed by atoms with Crippen LogP contribution in [0.5, 0.6) is 5.75 Å². The Bertz CT molecular complexity index is 1040. The standard InChI is InChI=1S/C23H25FN4O3/c1-2-25-23(27-12-20-14-30-22(28-20)16-6-4-3-5-7-16)26-9-8-17-10-19(24)11-18-13-29-15-31-21(17)18/h3-7,10-11,14H,2,8-9,12-13,15H2,1H3,(H2,25,26,27). The fourth-order valence-corrected chi connectivity index (χ4v) is 3.35. The minimum Gasteiger partial charge on any atom is -0.467 e. The molecule has 7 nitrogen and oxygen atoms in total. The summed E-state index contributed by atoms with van der Waals surface area (Å²) in [5.74, 6) is 1.65. The summed E-state index contributed by atoms with van der Waals surface area (Å²) in [5.41, 5.74) is 3.21. The average molecular weight is 424 g/mol. The number of nitrogens with zero attached hydrogens (tertiary/aromatic N) is 2. The highest BCUT2D eigenvalue weighted by atomic mass is 19.1. The third-order valence-corrected chi connectivity index (χ3v) is 4.75. The molecule has 2 aromatic carbocycles. The van der Waals surface area contributed by atoms with E-state index < -0.39 is 0 Å². The van der Waals surface area contributed by atoms with E-state index in [1.165, 1.54) is 12.1 Å². The van der Waals surface area contributed by atoms with E-state index in [1.807, 2.05) is 37.3 Å². The Morgan fingerprint density at radius 2 is 2.06 bits per heavy atom. The predicted octanol–water partition coefficient (Wildman–Crippen LogP) is 3.65. The van der Waals surface area contributed by atoms with E-state index in [2.05, 4.69) is 20.6 Å². The molecule has 0 saturated carbocycles. The van der Waals surface area contributed by atoms with Crippen molar-refractivity contribution in [2.24, 2.45) is 4.99 Å². The third kappa shape index (κ3) is 5.40. The van der Waals surface area contributed by atoms with Gasteiger partial charge in [0.15, 0.2) is 12.8 Å². The Morgan fingerprint density at radius 1 is 1.19 bits per heavy atom. The summed E-state index contributed by atoms with van der Waals surface area (Å²) in [7, 11) is 0. The molecule has 1 aliphatic heterocycles. The zero-order valence-corrected chi connectivity index (χ0v) is 17.4. The van der Waals surface area contributed by atoms with Gasteiger partial charge in [0.2, 0.25) is 5.89 Å². The van der Waals surface area contributed by atoms with Crippen LogP contribution in [0.1, 0.15) is 23.7 Å². The molecule has 1 aliphatic rings. The Labute approximate surface area is 180 Å². The van der Waals surface area contributed by atoms with Gasteiger partial charge in [-0.3, -0.25) is 0 Å². The molecule has 0 amide bonds. The van der Waals surface area contributed by atoms with Crippen LogP contribution in [-0.2, 0) is 24.3 Å². The number of benzene rings is 2. The monoisotopic (exact) mass is 424 g/mol. The van der Waals surface area contributed by atoms with Crippen molar-refractivity contribution >= 4 is 5.96 Å². The maximum atomic E-state index is 13.9. The number of oxazole rings is 1. The lowest BCUT2D eigenvalue weighted by atomic mass is 10.1. The first-order chi connectivity index (χ1) is 15.2. The van der Waals surface area contributed by atoms with E-state index in [4.69, 9.17) is 13.9 Å². The highest BCUT2D eigenvalue weighted by molar-refractivity contribution is 5.79. The van der Waals surface area contributed by atoms with Crippen molar-refractivity contribution in [1.29, 1.82) is 0 Å². The number of hydrogen-bond donors (Lipinski definition) is 2. The number of halogens is 1. The molecule has 4 rings (SSSR count). The molecule has 0 atom stereocenters. The molecule has 0 saturated heterocycles. The minimum atomic E-state index is -0.288. The lowest BCUT2D eigenvalue weighted by Crippen LogP contribution is -2.38. The van der Waals surface area contributed by atoms with Gasteiger partial charge >= 0.3 is 0 Å². The molecule has 2 heterocycles. The molecule has 8 heteroatoms. The molecule has 31 heavy (non-hydrogen) atoms. The van der Waals surface area contributed by atoms with Crippen LogP contribution in [-0.4, -0.2) is 30.8 Å². The van der Waals surface area contributed by atoms with Crippen LogP contribution in [0.2, 0.25) is 0 Å². The van der Waals surface area contributed by atoms with Crippen LogP contribution in [0.4, 0.5) is 4.39 Å². The van der Waals surface area contributed by atoms with Crippen molar-refractivity contribution in [3.05, 3.63) is 71.4 Å². The average Bonchev–Trinajstić information content (AvgIpc) is 3.27. The molecular formula is C23H25FN4O3. The van der Waals surface area contributed by atoms with Crippen molar-refractivity contribution in [3.63, 3.8) is 0 Å². The Kier molecular flexibility index (Phi) is 6.78. The van der Waals surface area contributed by atoms with Gasteiger partial charge in [0.25, 0.3) is 0 Å². The molecule has 0 radical (unpaired) electrons. The molecule has 0 unspecified atom stereocenters. The number of fused-ring (bicyclic) bond motifs is 1. The molecule has 162 valence electrons. The van der Waals surface area contributed by atoms with E-state index in [0.29, 0.717) is 43.7 Å². The van der Waals surface area contributed by atoms with E-state index in [1.54, 1.807) is 6.26 Å². The number of rotatable bonds is 7. The van der Waals surface area contributed by atoms with Gasteiger partial charge in [-0.25, -0.2) is 14.4 Å². The predicted molar refractivity (Wildman–Crippen MR) is 115 cm³/mol. The summed E-state index contributed by atoms with van der Waals surface area (Å²) in [6.07, 6.45) is 2.21. The number of guanidine groups is 1. The summed E-state index contributed by atoms with van der Waals surface area (Å²) in [4.78, 5) is 9.07. The number of nitrogens with one attached hydrogen (secondary N) is 2. The Morgan fingerprint density at radius 3 is 2.90 bits per heavy atom. The molecule has 0 bridgehead atoms. The fourth-order valence-electron chi connectivity index (χ4n) is 3.35. The normalized spacial score (nSPS) is 13.4. The van der Waals surface area contributed by atoms with Gasteiger partial charge in [-0.05, 0) is 43.2 Å². The molecule has 2 N–H and O–H groups in total. The minimum absolute atomic E-state index is 0.186. The molecular weight excluding hydrogens is 399 g/mol. The number of aromatic nitrogens is 1. The molecule has 3 aromatic rings. The Hall–Kier alpha value is -3.39. The van der Waals surface area contributed by atoms with Crippen molar-refractivity contribution in [1.82, 2.24) is 15.6 Å². The van der Waals surface area contributed by atoms with E-state index in [9.17, 15) is 4.39 Å². The highest BCUT2D eigenvalue weighted by Crippen LogP contribution is 2.29. The van der Waals surface area contributed by atoms with Crippen LogP contribution in [0, 0.1) is 5.82 Å². The van der Waals surface area contributed by atoms with Crippen LogP contribution in [0.15, 0.2) is 58.1 Å². The van der Waals surface area contributed by atoms with Crippen molar-refractivity contribution in [3.8, 4) is 17.2 Å². The molecule has 1 aromatic heterocycles. The van der Waals surface area contributed by atoms with Crippen molar-refractivity contribution < 1.29 is 18.3 Å². The molecule has 0 fully saturated rings. The summed E-state index contributed by atoms with van der Waals surface area (Å²) in [6, 6.07) is 12.7. The second-order valence-electron chi connectivity index (χ2n) is 7.05. The quantitative estimate of drug-likeness (QED) is 0.445. The van der Waals surface area contributed by atoms with Gasteiger partial charge in [-0.1, -0.05) is 18.2 Å². The zero-order chi connectivity index (χ0) is 21.5. The van der Waals surface area contributed by atoms with Crippen LogP contribution in [0.3, 0.4) is 0 Å². The molecule has 0 aliphatic carbocycles. The van der Waals surface area contributed by atoms with Crippen molar-refractivity contribution in [2.75, 3.05) is 19.9 Å². The van der Waals surface area contributed by atoms with Gasteiger partial charge in [-0.2, -0.15) is 0 Å². The SMILES string of the molecule is CCNC(=NCc1coc(-c2ccccc2)n1)NCCc1cc(F)cc2c1OCOC2. The summed E-state index contributed by atoms with van der Waals surface area (Å²) < 4.78 is 30.3. The van der Waals surface area contributed by atoms with E-state index >= 15 is 0 Å². The lowest BCUT2D eigenvalue weighted by molar-refractivity contribution is -0.0172. The first kappa shape index (κ1) is 20.9. The first-order valence-corrected chi connectivity index (χ1v) is 10.3. The molecule has 0 spiro atoms. The summed E-state index contributed by atoms with van der Waals surface area (Å²) >= 11 is 0.